The Morgan fingerprint density at radius 1 is 1.28 bits per heavy atom. The number of nitrogens with two attached hydrogens (primary N) is 1. The monoisotopic (exact) mass is 376 g/mol. The maximum atomic E-state index is 12.7. The van der Waals surface area contributed by atoms with Gasteiger partial charge in [-0.3, -0.25) is 9.59 Å². The smallest absolute Gasteiger partial charge is 0.343 e. The van der Waals surface area contributed by atoms with Crippen LogP contribution in [-0.2, 0) is 4.74 Å². The number of carbonyl (C=O) groups is 2. The second-order valence-corrected chi connectivity index (χ2v) is 6.56. The van der Waals surface area contributed by atoms with Gasteiger partial charge in [0.05, 0.1) is 17.3 Å². The van der Waals surface area contributed by atoms with Gasteiger partial charge in [-0.25, -0.2) is 4.79 Å². The third-order valence-corrected chi connectivity index (χ3v) is 5.03. The van der Waals surface area contributed by atoms with Crippen LogP contribution in [-0.4, -0.2) is 23.3 Å². The SMILES string of the molecule is CCOC(=O)c1cc2c(N)c(C(=O)c3ccccc3Cl)sc2[nH]c1=O. The molecule has 0 fully saturated rings. The number of ketones is 1. The first kappa shape index (κ1) is 17.2. The summed E-state index contributed by atoms with van der Waals surface area (Å²) in [5, 5.41) is 0.730. The molecule has 0 spiro atoms. The minimum Gasteiger partial charge on any atom is -0.462 e. The predicted octanol–water partition coefficient (Wildman–Crippen LogP) is 3.23. The molecule has 6 nitrogen and oxygen atoms in total. The molecule has 0 unspecified atom stereocenters. The van der Waals surface area contributed by atoms with E-state index in [9.17, 15) is 14.4 Å². The van der Waals surface area contributed by atoms with Gasteiger partial charge in [0.1, 0.15) is 15.3 Å². The molecule has 0 saturated carbocycles. The molecule has 3 aromatic rings. The zero-order chi connectivity index (χ0) is 18.1. The van der Waals surface area contributed by atoms with E-state index in [1.54, 1.807) is 31.2 Å². The molecule has 3 N–H and O–H groups in total. The van der Waals surface area contributed by atoms with E-state index >= 15 is 0 Å². The van der Waals surface area contributed by atoms with E-state index in [2.05, 4.69) is 4.98 Å². The number of hydrogen-bond acceptors (Lipinski definition) is 6. The molecule has 0 aliphatic rings. The van der Waals surface area contributed by atoms with Crippen molar-refractivity contribution in [1.82, 2.24) is 4.98 Å². The van der Waals surface area contributed by atoms with Crippen LogP contribution in [0.15, 0.2) is 35.1 Å². The molecule has 8 heteroatoms. The quantitative estimate of drug-likeness (QED) is 0.537. The highest BCUT2D eigenvalue weighted by Gasteiger charge is 2.22. The molecule has 0 radical (unpaired) electrons. The van der Waals surface area contributed by atoms with Crippen molar-refractivity contribution in [3.63, 3.8) is 0 Å². The highest BCUT2D eigenvalue weighted by atomic mass is 35.5. The Bertz CT molecular complexity index is 1050. The predicted molar refractivity (Wildman–Crippen MR) is 97.7 cm³/mol. The minimum absolute atomic E-state index is 0.145. The van der Waals surface area contributed by atoms with E-state index in [0.717, 1.165) is 11.3 Å². The van der Waals surface area contributed by atoms with Crippen molar-refractivity contribution < 1.29 is 14.3 Å². The fourth-order valence-electron chi connectivity index (χ4n) is 2.37. The van der Waals surface area contributed by atoms with Gasteiger partial charge in [-0.05, 0) is 25.1 Å². The van der Waals surface area contributed by atoms with Crippen LogP contribution >= 0.6 is 22.9 Å². The normalized spacial score (nSPS) is 10.8. The zero-order valence-corrected chi connectivity index (χ0v) is 14.7. The summed E-state index contributed by atoms with van der Waals surface area (Å²) in [4.78, 5) is 39.9. The molecule has 3 rings (SSSR count). The van der Waals surface area contributed by atoms with Gasteiger partial charge >= 0.3 is 5.97 Å². The van der Waals surface area contributed by atoms with E-state index in [4.69, 9.17) is 22.1 Å². The number of nitrogen functional groups attached to an aromatic ring is 1. The zero-order valence-electron chi connectivity index (χ0n) is 13.1. The average Bonchev–Trinajstić information content (AvgIpc) is 2.90. The van der Waals surface area contributed by atoms with Gasteiger partial charge in [-0.1, -0.05) is 23.7 Å². The fraction of sp³-hybridized carbons (Fsp3) is 0.118. The topological polar surface area (TPSA) is 102 Å². The number of aromatic amines is 1. The van der Waals surface area contributed by atoms with Crippen molar-refractivity contribution in [3.8, 4) is 0 Å². The van der Waals surface area contributed by atoms with Crippen LogP contribution in [0.4, 0.5) is 5.69 Å². The fourth-order valence-corrected chi connectivity index (χ4v) is 3.64. The molecule has 0 amide bonds. The Morgan fingerprint density at radius 2 is 2.00 bits per heavy atom. The highest BCUT2D eigenvalue weighted by molar-refractivity contribution is 7.21. The van der Waals surface area contributed by atoms with Crippen LogP contribution in [0.3, 0.4) is 0 Å². The summed E-state index contributed by atoms with van der Waals surface area (Å²) in [7, 11) is 0. The first-order valence-corrected chi connectivity index (χ1v) is 8.55. The summed E-state index contributed by atoms with van der Waals surface area (Å²) >= 11 is 7.11. The Kier molecular flexibility index (Phi) is 4.61. The number of fused-ring (bicyclic) bond motifs is 1. The van der Waals surface area contributed by atoms with Gasteiger partial charge in [0.15, 0.2) is 0 Å². The van der Waals surface area contributed by atoms with Crippen LogP contribution in [0.2, 0.25) is 5.02 Å². The number of benzene rings is 1. The van der Waals surface area contributed by atoms with Gasteiger partial charge in [-0.2, -0.15) is 0 Å². The highest BCUT2D eigenvalue weighted by Crippen LogP contribution is 2.34. The Labute approximate surface area is 151 Å². The summed E-state index contributed by atoms with van der Waals surface area (Å²) < 4.78 is 4.86. The summed E-state index contributed by atoms with van der Waals surface area (Å²) in [6, 6.07) is 7.97. The second-order valence-electron chi connectivity index (χ2n) is 5.13. The van der Waals surface area contributed by atoms with Crippen molar-refractivity contribution >= 4 is 50.6 Å². The molecule has 0 aliphatic heterocycles. The van der Waals surface area contributed by atoms with Crippen LogP contribution in [0.1, 0.15) is 32.5 Å². The average molecular weight is 377 g/mol. The summed E-state index contributed by atoms with van der Waals surface area (Å²) in [5.74, 6) is -1.09. The number of aromatic nitrogens is 1. The number of halogens is 1. The molecule has 0 bridgehead atoms. The molecular formula is C17H13ClN2O4S. The molecule has 128 valence electrons. The largest absolute Gasteiger partial charge is 0.462 e. The van der Waals surface area contributed by atoms with Crippen LogP contribution in [0, 0.1) is 0 Å². The molecule has 25 heavy (non-hydrogen) atoms. The molecule has 0 saturated heterocycles. The van der Waals surface area contributed by atoms with Crippen LogP contribution in [0.5, 0.6) is 0 Å². The maximum absolute atomic E-state index is 12.7. The lowest BCUT2D eigenvalue weighted by atomic mass is 10.1. The van der Waals surface area contributed by atoms with Crippen molar-refractivity contribution in [2.24, 2.45) is 0 Å². The number of rotatable bonds is 4. The van der Waals surface area contributed by atoms with Gasteiger partial charge in [0.2, 0.25) is 5.78 Å². The number of pyridine rings is 1. The van der Waals surface area contributed by atoms with E-state index in [1.807, 2.05) is 0 Å². The summed E-state index contributed by atoms with van der Waals surface area (Å²) in [6.07, 6.45) is 0. The molecule has 0 atom stereocenters. The van der Waals surface area contributed by atoms with Crippen molar-refractivity contribution in [2.45, 2.75) is 6.92 Å². The number of nitrogens with one attached hydrogen (secondary N) is 1. The lowest BCUT2D eigenvalue weighted by Gasteiger charge is -2.02. The number of hydrogen-bond donors (Lipinski definition) is 2. The third kappa shape index (κ3) is 3.04. The summed E-state index contributed by atoms with van der Waals surface area (Å²) in [6.45, 7) is 1.79. The van der Waals surface area contributed by atoms with Crippen molar-refractivity contribution in [2.75, 3.05) is 12.3 Å². The molecular weight excluding hydrogens is 364 g/mol. The Balaban J connectivity index is 2.15. The van der Waals surface area contributed by atoms with Gasteiger partial charge in [0.25, 0.3) is 5.56 Å². The van der Waals surface area contributed by atoms with Crippen molar-refractivity contribution in [1.29, 1.82) is 0 Å². The van der Waals surface area contributed by atoms with Crippen LogP contribution in [0.25, 0.3) is 10.2 Å². The number of ether oxygens (including phenoxy) is 1. The van der Waals surface area contributed by atoms with E-state index in [0.29, 0.717) is 20.8 Å². The third-order valence-electron chi connectivity index (χ3n) is 3.56. The van der Waals surface area contributed by atoms with E-state index in [-0.39, 0.29) is 28.5 Å². The van der Waals surface area contributed by atoms with Gasteiger partial charge in [0, 0.05) is 10.9 Å². The number of thiophene rings is 1. The van der Waals surface area contributed by atoms with Gasteiger partial charge in [-0.15, -0.1) is 11.3 Å². The molecule has 0 aliphatic carbocycles. The molecule has 2 aromatic heterocycles. The number of esters is 1. The van der Waals surface area contributed by atoms with Crippen molar-refractivity contribution in [3.05, 3.63) is 61.7 Å². The molecule has 1 aromatic carbocycles. The van der Waals surface area contributed by atoms with Crippen LogP contribution < -0.4 is 11.3 Å². The Hall–Kier alpha value is -2.64. The number of anilines is 1. The lowest BCUT2D eigenvalue weighted by Crippen LogP contribution is -2.19. The van der Waals surface area contributed by atoms with E-state index in [1.165, 1.54) is 6.07 Å². The molecule has 2 heterocycles. The maximum Gasteiger partial charge on any atom is 0.343 e. The number of H-pyrrole nitrogens is 1. The summed E-state index contributed by atoms with van der Waals surface area (Å²) in [5.41, 5.74) is 5.84. The first-order chi connectivity index (χ1) is 11.9. The van der Waals surface area contributed by atoms with Gasteiger partial charge < -0.3 is 15.5 Å². The minimum atomic E-state index is -0.741. The standard InChI is InChI=1S/C17H13ClN2O4S/c1-2-24-17(23)10-7-9-12(19)14(25-16(9)20-15(10)22)13(21)8-5-3-4-6-11(8)18/h3-7H,2,19H2,1H3,(H,20,22). The lowest BCUT2D eigenvalue weighted by molar-refractivity contribution is 0.0524. The number of carbonyl (C=O) groups excluding carboxylic acids is 2. The second kappa shape index (κ2) is 6.70. The Morgan fingerprint density at radius 3 is 2.68 bits per heavy atom. The van der Waals surface area contributed by atoms with E-state index < -0.39 is 11.5 Å². The first-order valence-electron chi connectivity index (χ1n) is 7.35.